The number of carbonyl (C=O) groups is 2. The molecule has 0 radical (unpaired) electrons. The van der Waals surface area contributed by atoms with E-state index in [1.807, 2.05) is 0 Å². The van der Waals surface area contributed by atoms with Crippen LogP contribution in [0.4, 0.5) is 0 Å². The number of aromatic nitrogens is 1. The molecule has 152 valence electrons. The van der Waals surface area contributed by atoms with Gasteiger partial charge in [0, 0.05) is 6.92 Å². The molecule has 1 aliphatic heterocycles. The van der Waals surface area contributed by atoms with Gasteiger partial charge in [0.2, 0.25) is 0 Å². The Morgan fingerprint density at radius 3 is 2.72 bits per heavy atom. The molecule has 0 saturated carbocycles. The number of carbonyl (C=O) groups excluding carboxylic acids is 2. The van der Waals surface area contributed by atoms with Crippen LogP contribution in [0, 0.1) is 0 Å². The lowest BCUT2D eigenvalue weighted by molar-refractivity contribution is -0.139. The monoisotopic (exact) mass is 416 g/mol. The van der Waals surface area contributed by atoms with Crippen molar-refractivity contribution < 1.29 is 23.8 Å². The van der Waals surface area contributed by atoms with E-state index in [-0.39, 0.29) is 18.7 Å². The molecule has 0 amide bonds. The van der Waals surface area contributed by atoms with Gasteiger partial charge in [-0.1, -0.05) is 17.4 Å². The minimum atomic E-state index is -0.464. The van der Waals surface area contributed by atoms with Crippen LogP contribution in [0.3, 0.4) is 0 Å². The molecule has 0 saturated heterocycles. The summed E-state index contributed by atoms with van der Waals surface area (Å²) in [5.41, 5.74) is 1.37. The van der Waals surface area contributed by atoms with Gasteiger partial charge in [-0.2, -0.15) is 0 Å². The first-order valence-corrected chi connectivity index (χ1v) is 9.69. The van der Waals surface area contributed by atoms with E-state index in [1.54, 1.807) is 38.1 Å². The van der Waals surface area contributed by atoms with Gasteiger partial charge in [-0.05, 0) is 37.6 Å². The van der Waals surface area contributed by atoms with Gasteiger partial charge in [0.05, 0.1) is 36.1 Å². The van der Waals surface area contributed by atoms with Crippen molar-refractivity contribution >= 4 is 29.4 Å². The summed E-state index contributed by atoms with van der Waals surface area (Å²) in [7, 11) is 1.47. The maximum atomic E-state index is 12.8. The Morgan fingerprint density at radius 1 is 1.31 bits per heavy atom. The van der Waals surface area contributed by atoms with Crippen LogP contribution in [0.5, 0.6) is 11.5 Å². The highest BCUT2D eigenvalue weighted by atomic mass is 32.1. The number of fused-ring (bicyclic) bond motifs is 1. The van der Waals surface area contributed by atoms with Gasteiger partial charge in [-0.25, -0.2) is 9.79 Å². The minimum absolute atomic E-state index is 0.126. The van der Waals surface area contributed by atoms with E-state index >= 15 is 0 Å². The summed E-state index contributed by atoms with van der Waals surface area (Å²) in [6.07, 6.45) is 1.70. The van der Waals surface area contributed by atoms with Gasteiger partial charge >= 0.3 is 11.9 Å². The summed E-state index contributed by atoms with van der Waals surface area (Å²) in [5.74, 6) is -0.240. The summed E-state index contributed by atoms with van der Waals surface area (Å²) in [6, 6.07) is 4.99. The van der Waals surface area contributed by atoms with Crippen molar-refractivity contribution in [3.8, 4) is 11.5 Å². The quantitative estimate of drug-likeness (QED) is 0.536. The Labute approximate surface area is 170 Å². The molecular weight excluding hydrogens is 396 g/mol. The molecule has 0 spiro atoms. The van der Waals surface area contributed by atoms with Crippen LogP contribution in [-0.2, 0) is 20.9 Å². The summed E-state index contributed by atoms with van der Waals surface area (Å²) in [5, 5.41) is 0. The molecule has 0 atom stereocenters. The largest absolute Gasteiger partial charge is 0.493 e. The zero-order valence-corrected chi connectivity index (χ0v) is 17.3. The number of esters is 2. The maximum Gasteiger partial charge on any atom is 0.337 e. The molecule has 0 aliphatic carbocycles. The SMILES string of the molecule is CCOC(=O)C1=C(C)N=c2s/c(=C\c3ccc(OC(C)=O)c(OC)c3)c(=O)n2C1. The van der Waals surface area contributed by atoms with Crippen molar-refractivity contribution in [3.63, 3.8) is 0 Å². The number of ether oxygens (including phenoxy) is 3. The van der Waals surface area contributed by atoms with Crippen molar-refractivity contribution in [3.05, 3.63) is 54.7 Å². The third-order valence-electron chi connectivity index (χ3n) is 4.17. The van der Waals surface area contributed by atoms with Crippen molar-refractivity contribution in [1.82, 2.24) is 4.57 Å². The van der Waals surface area contributed by atoms with Crippen LogP contribution in [0.15, 0.2) is 39.3 Å². The molecule has 29 heavy (non-hydrogen) atoms. The van der Waals surface area contributed by atoms with Crippen molar-refractivity contribution in [2.45, 2.75) is 27.3 Å². The standard InChI is InChI=1S/C20H20N2O6S/c1-5-27-19(25)14-10-22-18(24)17(29-20(22)21-11(14)2)9-13-6-7-15(28-12(3)23)16(8-13)26-4/h6-9H,5,10H2,1-4H3/b17-9-. The second-order valence-electron chi connectivity index (χ2n) is 6.18. The van der Waals surface area contributed by atoms with E-state index in [4.69, 9.17) is 14.2 Å². The van der Waals surface area contributed by atoms with Crippen molar-refractivity contribution in [2.24, 2.45) is 4.99 Å². The maximum absolute atomic E-state index is 12.8. The number of rotatable bonds is 5. The Morgan fingerprint density at radius 2 is 2.07 bits per heavy atom. The zero-order valence-electron chi connectivity index (χ0n) is 16.5. The van der Waals surface area contributed by atoms with E-state index in [2.05, 4.69) is 4.99 Å². The average Bonchev–Trinajstić information content (AvgIpc) is 2.96. The normalized spacial score (nSPS) is 13.6. The predicted molar refractivity (Wildman–Crippen MR) is 107 cm³/mol. The Kier molecular flexibility index (Phi) is 5.97. The lowest BCUT2D eigenvalue weighted by Gasteiger charge is -2.12. The van der Waals surface area contributed by atoms with Gasteiger partial charge in [0.1, 0.15) is 0 Å². The topological polar surface area (TPSA) is 96.2 Å². The molecule has 1 aromatic heterocycles. The van der Waals surface area contributed by atoms with Gasteiger partial charge in [-0.15, -0.1) is 0 Å². The Hall–Kier alpha value is -3.20. The summed E-state index contributed by atoms with van der Waals surface area (Å²) in [6.45, 7) is 5.14. The highest BCUT2D eigenvalue weighted by Crippen LogP contribution is 2.28. The van der Waals surface area contributed by atoms with Crippen LogP contribution in [0.2, 0.25) is 0 Å². The van der Waals surface area contributed by atoms with Crippen molar-refractivity contribution in [2.75, 3.05) is 13.7 Å². The minimum Gasteiger partial charge on any atom is -0.493 e. The second kappa shape index (κ2) is 8.44. The zero-order chi connectivity index (χ0) is 21.1. The molecule has 0 bridgehead atoms. The van der Waals surface area contributed by atoms with Gasteiger partial charge in [0.25, 0.3) is 5.56 Å². The molecule has 0 N–H and O–H groups in total. The highest BCUT2D eigenvalue weighted by molar-refractivity contribution is 7.07. The molecule has 2 heterocycles. The molecule has 3 rings (SSSR count). The fraction of sp³-hybridized carbons (Fsp3) is 0.300. The van der Waals surface area contributed by atoms with Gasteiger partial charge in [0.15, 0.2) is 16.3 Å². The van der Waals surface area contributed by atoms with E-state index < -0.39 is 11.9 Å². The third-order valence-corrected chi connectivity index (χ3v) is 5.17. The Bertz CT molecular complexity index is 1190. The fourth-order valence-electron chi connectivity index (χ4n) is 2.81. The molecular formula is C20H20N2O6S. The number of benzene rings is 1. The molecule has 9 heteroatoms. The molecule has 0 fully saturated rings. The summed E-state index contributed by atoms with van der Waals surface area (Å²) >= 11 is 1.23. The van der Waals surface area contributed by atoms with Crippen molar-refractivity contribution in [1.29, 1.82) is 0 Å². The average molecular weight is 416 g/mol. The number of nitrogens with zero attached hydrogens (tertiary/aromatic N) is 2. The van der Waals surface area contributed by atoms with Crippen LogP contribution in [-0.4, -0.2) is 30.2 Å². The second-order valence-corrected chi connectivity index (χ2v) is 7.19. The number of thiazole rings is 1. The lowest BCUT2D eigenvalue weighted by atomic mass is 10.2. The van der Waals surface area contributed by atoms with Crippen LogP contribution < -0.4 is 24.4 Å². The predicted octanol–water partition coefficient (Wildman–Crippen LogP) is 1.14. The van der Waals surface area contributed by atoms with E-state index in [9.17, 15) is 14.4 Å². The smallest absolute Gasteiger partial charge is 0.337 e. The first kappa shape index (κ1) is 20.5. The van der Waals surface area contributed by atoms with Gasteiger partial charge in [-0.3, -0.25) is 14.2 Å². The number of hydrogen-bond acceptors (Lipinski definition) is 8. The number of allylic oxidation sites excluding steroid dienone is 1. The highest BCUT2D eigenvalue weighted by Gasteiger charge is 2.21. The van der Waals surface area contributed by atoms with E-state index in [0.717, 1.165) is 0 Å². The summed E-state index contributed by atoms with van der Waals surface area (Å²) in [4.78, 5) is 41.0. The van der Waals surface area contributed by atoms with Crippen LogP contribution in [0.25, 0.3) is 6.08 Å². The molecule has 0 unspecified atom stereocenters. The van der Waals surface area contributed by atoms with Crippen LogP contribution >= 0.6 is 11.3 Å². The lowest BCUT2D eigenvalue weighted by Crippen LogP contribution is -2.35. The first-order valence-electron chi connectivity index (χ1n) is 8.87. The number of methoxy groups -OCH3 is 1. The molecule has 2 aromatic rings. The summed E-state index contributed by atoms with van der Waals surface area (Å²) < 4.78 is 17.3. The Balaban J connectivity index is 2.01. The van der Waals surface area contributed by atoms with Crippen LogP contribution in [0.1, 0.15) is 26.3 Å². The molecule has 8 nitrogen and oxygen atoms in total. The third kappa shape index (κ3) is 4.29. The van der Waals surface area contributed by atoms with E-state index in [1.165, 1.54) is 29.9 Å². The van der Waals surface area contributed by atoms with Gasteiger partial charge < -0.3 is 14.2 Å². The fourth-order valence-corrected chi connectivity index (χ4v) is 3.84. The van der Waals surface area contributed by atoms with E-state index in [0.29, 0.717) is 37.7 Å². The molecule has 1 aromatic carbocycles. The number of hydrogen-bond donors (Lipinski definition) is 0. The molecule has 1 aliphatic rings. The first-order chi connectivity index (χ1) is 13.8.